The molecule has 9 aromatic rings. The van der Waals surface area contributed by atoms with Gasteiger partial charge in [0.1, 0.15) is 0 Å². The van der Waals surface area contributed by atoms with Crippen LogP contribution in [-0.4, -0.2) is 15.0 Å². The SMILES string of the molecule is c1ccc2c(c1)ccc1ccc(-c3c4ccccc4c(-c4ccc5ccc6cccnc6c5n4)c4ccccc34)nc12. The average molecular weight is 534 g/mol. The van der Waals surface area contributed by atoms with Crippen LogP contribution in [-0.2, 0) is 0 Å². The largest absolute Gasteiger partial charge is 0.254 e. The summed E-state index contributed by atoms with van der Waals surface area (Å²) in [7, 11) is 0. The van der Waals surface area contributed by atoms with E-state index in [9.17, 15) is 0 Å². The van der Waals surface area contributed by atoms with Gasteiger partial charge in [0, 0.05) is 38.9 Å². The quantitative estimate of drug-likeness (QED) is 0.164. The molecule has 0 radical (unpaired) electrons. The van der Waals surface area contributed by atoms with Gasteiger partial charge in [-0.3, -0.25) is 4.98 Å². The van der Waals surface area contributed by atoms with Crippen molar-refractivity contribution in [3.8, 4) is 22.5 Å². The number of pyridine rings is 3. The van der Waals surface area contributed by atoms with Crippen molar-refractivity contribution < 1.29 is 0 Å². The molecule has 3 nitrogen and oxygen atoms in total. The zero-order valence-electron chi connectivity index (χ0n) is 22.6. The third kappa shape index (κ3) is 3.37. The summed E-state index contributed by atoms with van der Waals surface area (Å²) in [5.74, 6) is 0. The normalized spacial score (nSPS) is 11.8. The maximum atomic E-state index is 5.33. The van der Waals surface area contributed by atoms with E-state index in [0.29, 0.717) is 0 Å². The number of rotatable bonds is 2. The van der Waals surface area contributed by atoms with Crippen LogP contribution in [0.25, 0.3) is 87.5 Å². The first-order valence-corrected chi connectivity index (χ1v) is 14.2. The summed E-state index contributed by atoms with van der Waals surface area (Å²) < 4.78 is 0. The lowest BCUT2D eigenvalue weighted by Gasteiger charge is -2.17. The minimum absolute atomic E-state index is 0.922. The summed E-state index contributed by atoms with van der Waals surface area (Å²) in [6.07, 6.45) is 1.84. The molecule has 0 saturated carbocycles. The Kier molecular flexibility index (Phi) is 4.90. The topological polar surface area (TPSA) is 38.7 Å². The molecule has 0 aliphatic heterocycles. The van der Waals surface area contributed by atoms with Gasteiger partial charge in [0.05, 0.1) is 27.9 Å². The molecule has 9 rings (SSSR count). The summed E-state index contributed by atoms with van der Waals surface area (Å²) >= 11 is 0. The number of hydrogen-bond acceptors (Lipinski definition) is 3. The predicted octanol–water partition coefficient (Wildman–Crippen LogP) is 10.1. The molecule has 0 unspecified atom stereocenters. The monoisotopic (exact) mass is 533 g/mol. The Labute approximate surface area is 241 Å². The molecule has 0 N–H and O–H groups in total. The highest BCUT2D eigenvalue weighted by molar-refractivity contribution is 6.21. The van der Waals surface area contributed by atoms with Crippen molar-refractivity contribution in [2.75, 3.05) is 0 Å². The molecular formula is C39H23N3. The lowest BCUT2D eigenvalue weighted by molar-refractivity contribution is 1.38. The van der Waals surface area contributed by atoms with Crippen molar-refractivity contribution in [1.29, 1.82) is 0 Å². The summed E-state index contributed by atoms with van der Waals surface area (Å²) in [6.45, 7) is 0. The Balaban J connectivity index is 1.38. The number of nitrogens with zero attached hydrogens (tertiary/aromatic N) is 3. The van der Waals surface area contributed by atoms with E-state index in [4.69, 9.17) is 15.0 Å². The molecule has 3 aromatic heterocycles. The zero-order valence-corrected chi connectivity index (χ0v) is 22.6. The minimum atomic E-state index is 0.922. The second kappa shape index (κ2) is 8.92. The first-order valence-electron chi connectivity index (χ1n) is 14.2. The Morgan fingerprint density at radius 3 is 1.36 bits per heavy atom. The molecular weight excluding hydrogens is 510 g/mol. The molecule has 0 aliphatic carbocycles. The highest BCUT2D eigenvalue weighted by Gasteiger charge is 2.19. The van der Waals surface area contributed by atoms with Gasteiger partial charge in [-0.15, -0.1) is 0 Å². The van der Waals surface area contributed by atoms with E-state index in [0.717, 1.165) is 76.8 Å². The molecule has 0 saturated heterocycles. The fourth-order valence-electron chi connectivity index (χ4n) is 6.54. The van der Waals surface area contributed by atoms with Crippen LogP contribution < -0.4 is 0 Å². The van der Waals surface area contributed by atoms with Gasteiger partial charge in [0.2, 0.25) is 0 Å². The molecule has 0 atom stereocenters. The Bertz CT molecular complexity index is 2300. The van der Waals surface area contributed by atoms with Gasteiger partial charge in [-0.25, -0.2) is 9.97 Å². The standard InChI is InChI=1S/C39H23N3/c1-2-10-28-24(8-1)15-16-26-19-21-33(41-37(26)28)35-29-11-3-5-13-31(29)36(32-14-6-4-12-30(32)35)34-22-20-27-18-17-25-9-7-23-40-38(25)39(27)42-34/h1-23H. The molecule has 0 fully saturated rings. The van der Waals surface area contributed by atoms with Crippen LogP contribution in [0.15, 0.2) is 140 Å². The van der Waals surface area contributed by atoms with Crippen LogP contribution in [0.1, 0.15) is 0 Å². The maximum Gasteiger partial charge on any atom is 0.0972 e. The summed E-state index contributed by atoms with van der Waals surface area (Å²) in [6, 6.07) is 47.1. The van der Waals surface area contributed by atoms with Crippen LogP contribution in [0.3, 0.4) is 0 Å². The molecule has 0 amide bonds. The van der Waals surface area contributed by atoms with E-state index in [2.05, 4.69) is 127 Å². The highest BCUT2D eigenvalue weighted by atomic mass is 14.8. The zero-order chi connectivity index (χ0) is 27.6. The average Bonchev–Trinajstić information content (AvgIpc) is 3.06. The second-order valence-corrected chi connectivity index (χ2v) is 10.8. The van der Waals surface area contributed by atoms with Gasteiger partial charge in [-0.1, -0.05) is 115 Å². The molecule has 0 aliphatic rings. The van der Waals surface area contributed by atoms with Crippen molar-refractivity contribution in [2.45, 2.75) is 0 Å². The van der Waals surface area contributed by atoms with Crippen molar-refractivity contribution in [1.82, 2.24) is 15.0 Å². The van der Waals surface area contributed by atoms with Crippen LogP contribution in [0.4, 0.5) is 0 Å². The fraction of sp³-hybridized carbons (Fsp3) is 0. The first-order chi connectivity index (χ1) is 20.8. The van der Waals surface area contributed by atoms with Crippen LogP contribution in [0.2, 0.25) is 0 Å². The molecule has 42 heavy (non-hydrogen) atoms. The van der Waals surface area contributed by atoms with Crippen LogP contribution >= 0.6 is 0 Å². The number of benzene rings is 6. The van der Waals surface area contributed by atoms with Crippen molar-refractivity contribution in [3.63, 3.8) is 0 Å². The number of fused-ring (bicyclic) bond motifs is 8. The van der Waals surface area contributed by atoms with E-state index >= 15 is 0 Å². The second-order valence-electron chi connectivity index (χ2n) is 10.8. The van der Waals surface area contributed by atoms with Gasteiger partial charge in [0.15, 0.2) is 0 Å². The molecule has 194 valence electrons. The van der Waals surface area contributed by atoms with Crippen LogP contribution in [0, 0.1) is 0 Å². The van der Waals surface area contributed by atoms with Gasteiger partial charge in [0.25, 0.3) is 0 Å². The van der Waals surface area contributed by atoms with Crippen molar-refractivity contribution in [3.05, 3.63) is 140 Å². The molecule has 0 spiro atoms. The molecule has 3 heterocycles. The third-order valence-corrected chi connectivity index (χ3v) is 8.46. The molecule has 3 heteroatoms. The van der Waals surface area contributed by atoms with Gasteiger partial charge < -0.3 is 0 Å². The maximum absolute atomic E-state index is 5.33. The van der Waals surface area contributed by atoms with Crippen LogP contribution in [0.5, 0.6) is 0 Å². The smallest absolute Gasteiger partial charge is 0.0972 e. The van der Waals surface area contributed by atoms with Gasteiger partial charge in [-0.05, 0) is 45.1 Å². The highest BCUT2D eigenvalue weighted by Crippen LogP contribution is 2.43. The van der Waals surface area contributed by atoms with E-state index in [-0.39, 0.29) is 0 Å². The van der Waals surface area contributed by atoms with Gasteiger partial charge in [-0.2, -0.15) is 0 Å². The lowest BCUT2D eigenvalue weighted by Crippen LogP contribution is -1.95. The van der Waals surface area contributed by atoms with E-state index in [1.54, 1.807) is 0 Å². The first kappa shape index (κ1) is 23.1. The van der Waals surface area contributed by atoms with E-state index in [1.165, 1.54) is 10.8 Å². The Morgan fingerprint density at radius 2 is 0.738 bits per heavy atom. The molecule has 6 aromatic carbocycles. The van der Waals surface area contributed by atoms with E-state index in [1.807, 2.05) is 12.3 Å². The number of hydrogen-bond donors (Lipinski definition) is 0. The summed E-state index contributed by atoms with van der Waals surface area (Å²) in [5.41, 5.74) is 7.06. The minimum Gasteiger partial charge on any atom is -0.254 e. The fourth-order valence-corrected chi connectivity index (χ4v) is 6.54. The van der Waals surface area contributed by atoms with Crippen molar-refractivity contribution >= 4 is 65.0 Å². The predicted molar refractivity (Wildman–Crippen MR) is 176 cm³/mol. The third-order valence-electron chi connectivity index (χ3n) is 8.46. The number of aromatic nitrogens is 3. The molecule has 0 bridgehead atoms. The lowest BCUT2D eigenvalue weighted by atomic mass is 9.88. The van der Waals surface area contributed by atoms with Crippen molar-refractivity contribution in [2.24, 2.45) is 0 Å². The van der Waals surface area contributed by atoms with E-state index < -0.39 is 0 Å². The Hall–Kier alpha value is -5.67. The summed E-state index contributed by atoms with van der Waals surface area (Å²) in [4.78, 5) is 15.3. The Morgan fingerprint density at radius 1 is 0.310 bits per heavy atom. The van der Waals surface area contributed by atoms with Gasteiger partial charge >= 0.3 is 0 Å². The summed E-state index contributed by atoms with van der Waals surface area (Å²) in [5, 5.41) is 10.3.